The molecule has 1 aromatic rings. The van der Waals surface area contributed by atoms with Crippen molar-refractivity contribution in [1.29, 1.82) is 0 Å². The number of hydrogen-bond acceptors (Lipinski definition) is 4. The van der Waals surface area contributed by atoms with Gasteiger partial charge in [-0.05, 0) is 0 Å². The van der Waals surface area contributed by atoms with Crippen LogP contribution in [0.4, 0.5) is 13.2 Å². The maximum Gasteiger partial charge on any atom is 0.422 e. The lowest BCUT2D eigenvalue weighted by Gasteiger charge is -2.07. The molecule has 1 heterocycles. The molecule has 88 valence electrons. The van der Waals surface area contributed by atoms with Crippen molar-refractivity contribution in [3.63, 3.8) is 0 Å². The molecule has 0 aromatic carbocycles. The molecule has 0 atom stereocenters. The Morgan fingerprint density at radius 2 is 2.06 bits per heavy atom. The van der Waals surface area contributed by atoms with Gasteiger partial charge in [-0.15, -0.1) is 0 Å². The van der Waals surface area contributed by atoms with Crippen LogP contribution in [0.2, 0.25) is 0 Å². The highest BCUT2D eigenvalue weighted by atomic mass is 19.4. The van der Waals surface area contributed by atoms with Gasteiger partial charge in [0.1, 0.15) is 5.69 Å². The predicted octanol–water partition coefficient (Wildman–Crippen LogP) is 2.01. The Labute approximate surface area is 89.5 Å². The van der Waals surface area contributed by atoms with Crippen molar-refractivity contribution in [2.24, 2.45) is 0 Å². The first-order chi connectivity index (χ1) is 7.42. The number of Topliss-reactive ketones (excluding diaryl/α,β-unsaturated/α-hetero) is 1. The molecule has 0 saturated carbocycles. The summed E-state index contributed by atoms with van der Waals surface area (Å²) in [6.07, 6.45) is -2.07. The minimum atomic E-state index is -4.42. The first-order valence-electron chi connectivity index (χ1n) is 4.47. The van der Waals surface area contributed by atoms with Crippen molar-refractivity contribution in [2.45, 2.75) is 19.5 Å². The fourth-order valence-electron chi connectivity index (χ4n) is 0.872. The van der Waals surface area contributed by atoms with Crippen LogP contribution in [-0.4, -0.2) is 28.5 Å². The molecule has 0 radical (unpaired) electrons. The van der Waals surface area contributed by atoms with Gasteiger partial charge in [-0.2, -0.15) is 13.2 Å². The van der Waals surface area contributed by atoms with Crippen LogP contribution < -0.4 is 4.74 Å². The van der Waals surface area contributed by atoms with Gasteiger partial charge in [-0.25, -0.2) is 9.97 Å². The van der Waals surface area contributed by atoms with Crippen LogP contribution in [-0.2, 0) is 0 Å². The lowest BCUT2D eigenvalue weighted by atomic mass is 10.2. The molecule has 0 aliphatic rings. The summed E-state index contributed by atoms with van der Waals surface area (Å²) >= 11 is 0. The van der Waals surface area contributed by atoms with Crippen LogP contribution in [0.1, 0.15) is 23.8 Å². The minimum absolute atomic E-state index is 0.113. The average Bonchev–Trinajstić information content (AvgIpc) is 2.25. The summed E-state index contributed by atoms with van der Waals surface area (Å²) in [5, 5.41) is 0. The SMILES string of the molecule is CCC(=O)c1cnc(OCC(F)(F)F)cn1. The normalized spacial score (nSPS) is 11.2. The summed E-state index contributed by atoms with van der Waals surface area (Å²) in [5.41, 5.74) is 0.113. The van der Waals surface area contributed by atoms with E-state index in [0.717, 1.165) is 12.4 Å². The lowest BCUT2D eigenvalue weighted by molar-refractivity contribution is -0.154. The number of nitrogens with zero attached hydrogens (tertiary/aromatic N) is 2. The first-order valence-corrected chi connectivity index (χ1v) is 4.47. The number of carbonyl (C=O) groups excluding carboxylic acids is 1. The number of hydrogen-bond donors (Lipinski definition) is 0. The van der Waals surface area contributed by atoms with E-state index in [4.69, 9.17) is 0 Å². The van der Waals surface area contributed by atoms with Gasteiger partial charge in [-0.3, -0.25) is 4.79 Å². The summed E-state index contributed by atoms with van der Waals surface area (Å²) in [7, 11) is 0. The first kappa shape index (κ1) is 12.4. The summed E-state index contributed by atoms with van der Waals surface area (Å²) in [6, 6.07) is 0. The molecule has 1 aromatic heterocycles. The lowest BCUT2D eigenvalue weighted by Crippen LogP contribution is -2.19. The van der Waals surface area contributed by atoms with Crippen LogP contribution in [0, 0.1) is 0 Å². The third kappa shape index (κ3) is 3.84. The highest BCUT2D eigenvalue weighted by Gasteiger charge is 2.28. The van der Waals surface area contributed by atoms with E-state index < -0.39 is 12.8 Å². The number of carbonyl (C=O) groups is 1. The van der Waals surface area contributed by atoms with Gasteiger partial charge in [-0.1, -0.05) is 6.92 Å². The highest BCUT2D eigenvalue weighted by Crippen LogP contribution is 2.16. The fourth-order valence-corrected chi connectivity index (χ4v) is 0.872. The molecule has 0 bridgehead atoms. The van der Waals surface area contributed by atoms with Crippen LogP contribution in [0.25, 0.3) is 0 Å². The Bertz CT molecular complexity index is 362. The predicted molar refractivity (Wildman–Crippen MR) is 48.2 cm³/mol. The topological polar surface area (TPSA) is 52.1 Å². The third-order valence-electron chi connectivity index (χ3n) is 1.62. The summed E-state index contributed by atoms with van der Waals surface area (Å²) < 4.78 is 39.7. The van der Waals surface area contributed by atoms with Gasteiger partial charge in [0.15, 0.2) is 12.4 Å². The van der Waals surface area contributed by atoms with Crippen molar-refractivity contribution >= 4 is 5.78 Å². The number of alkyl halides is 3. The Balaban J connectivity index is 2.62. The molecule has 0 aliphatic heterocycles. The molecule has 4 nitrogen and oxygen atoms in total. The van der Waals surface area contributed by atoms with Crippen molar-refractivity contribution in [3.8, 4) is 5.88 Å². The minimum Gasteiger partial charge on any atom is -0.467 e. The van der Waals surface area contributed by atoms with E-state index in [2.05, 4.69) is 14.7 Å². The molecule has 0 aliphatic carbocycles. The fraction of sp³-hybridized carbons (Fsp3) is 0.444. The zero-order valence-corrected chi connectivity index (χ0v) is 8.41. The number of aromatic nitrogens is 2. The smallest absolute Gasteiger partial charge is 0.422 e. The van der Waals surface area contributed by atoms with Gasteiger partial charge < -0.3 is 4.74 Å². The molecular formula is C9H9F3N2O2. The van der Waals surface area contributed by atoms with E-state index >= 15 is 0 Å². The summed E-state index contributed by atoms with van der Waals surface area (Å²) in [5.74, 6) is -0.486. The van der Waals surface area contributed by atoms with E-state index in [-0.39, 0.29) is 23.8 Å². The Morgan fingerprint density at radius 1 is 1.38 bits per heavy atom. The van der Waals surface area contributed by atoms with Crippen molar-refractivity contribution in [1.82, 2.24) is 9.97 Å². The van der Waals surface area contributed by atoms with Gasteiger partial charge >= 0.3 is 6.18 Å². The number of rotatable bonds is 4. The second kappa shape index (κ2) is 4.91. The molecule has 0 amide bonds. The Kier molecular flexibility index (Phi) is 3.81. The molecule has 7 heteroatoms. The van der Waals surface area contributed by atoms with Crippen molar-refractivity contribution in [2.75, 3.05) is 6.61 Å². The number of halogens is 3. The average molecular weight is 234 g/mol. The maximum atomic E-state index is 11.8. The monoisotopic (exact) mass is 234 g/mol. The van der Waals surface area contributed by atoms with E-state index in [1.165, 1.54) is 0 Å². The quantitative estimate of drug-likeness (QED) is 0.748. The van der Waals surface area contributed by atoms with Gasteiger partial charge in [0.2, 0.25) is 5.88 Å². The molecule has 0 N–H and O–H groups in total. The van der Waals surface area contributed by atoms with Crippen LogP contribution in [0.5, 0.6) is 5.88 Å². The second-order valence-electron chi connectivity index (χ2n) is 2.92. The molecule has 0 fully saturated rings. The van der Waals surface area contributed by atoms with Crippen LogP contribution in [0.15, 0.2) is 12.4 Å². The highest BCUT2D eigenvalue weighted by molar-refractivity contribution is 5.93. The second-order valence-corrected chi connectivity index (χ2v) is 2.92. The van der Waals surface area contributed by atoms with Gasteiger partial charge in [0, 0.05) is 6.42 Å². The standard InChI is InChI=1S/C9H9F3N2O2/c1-2-7(15)6-3-14-8(4-13-6)16-5-9(10,11)12/h3-4H,2,5H2,1H3. The van der Waals surface area contributed by atoms with E-state index in [1.807, 2.05) is 0 Å². The molecule has 0 spiro atoms. The molecule has 16 heavy (non-hydrogen) atoms. The maximum absolute atomic E-state index is 11.8. The van der Waals surface area contributed by atoms with E-state index in [1.54, 1.807) is 6.92 Å². The number of ether oxygens (including phenoxy) is 1. The Hall–Kier alpha value is -1.66. The third-order valence-corrected chi connectivity index (χ3v) is 1.62. The largest absolute Gasteiger partial charge is 0.467 e. The zero-order valence-electron chi connectivity index (χ0n) is 8.41. The summed E-state index contributed by atoms with van der Waals surface area (Å²) in [4.78, 5) is 18.3. The van der Waals surface area contributed by atoms with E-state index in [9.17, 15) is 18.0 Å². The molecule has 0 unspecified atom stereocenters. The van der Waals surface area contributed by atoms with Gasteiger partial charge in [0.25, 0.3) is 0 Å². The molecular weight excluding hydrogens is 225 g/mol. The van der Waals surface area contributed by atoms with Crippen molar-refractivity contribution < 1.29 is 22.7 Å². The molecule has 1 rings (SSSR count). The molecule has 0 saturated heterocycles. The van der Waals surface area contributed by atoms with Gasteiger partial charge in [0.05, 0.1) is 12.4 Å². The Morgan fingerprint density at radius 3 is 2.50 bits per heavy atom. The van der Waals surface area contributed by atoms with Crippen molar-refractivity contribution in [3.05, 3.63) is 18.1 Å². The number of ketones is 1. The van der Waals surface area contributed by atoms with E-state index in [0.29, 0.717) is 0 Å². The zero-order chi connectivity index (χ0) is 12.2. The summed E-state index contributed by atoms with van der Waals surface area (Å²) in [6.45, 7) is 0.223. The van der Waals surface area contributed by atoms with Crippen LogP contribution >= 0.6 is 0 Å². The van der Waals surface area contributed by atoms with Crippen LogP contribution in [0.3, 0.4) is 0 Å².